The fraction of sp³-hybridized carbons (Fsp3) is 0.417. The Morgan fingerprint density at radius 1 is 1.55 bits per heavy atom. The summed E-state index contributed by atoms with van der Waals surface area (Å²) in [6.45, 7) is 1.24. The highest BCUT2D eigenvalue weighted by molar-refractivity contribution is 5.76. The second-order valence-corrected chi connectivity index (χ2v) is 3.96. The molecule has 0 bridgehead atoms. The van der Waals surface area contributed by atoms with Gasteiger partial charge in [-0.25, -0.2) is 0 Å². The number of nitrogens with one attached hydrogen (secondary N) is 1. The lowest BCUT2D eigenvalue weighted by molar-refractivity contribution is -0.383. The third kappa shape index (κ3) is 3.81. The number of nitrogens with two attached hydrogens (primary N) is 1. The Morgan fingerprint density at radius 2 is 2.30 bits per heavy atom. The zero-order valence-electron chi connectivity index (χ0n) is 11.2. The first-order valence-corrected chi connectivity index (χ1v) is 6.00. The van der Waals surface area contributed by atoms with Gasteiger partial charge in [-0.1, -0.05) is 6.07 Å². The lowest BCUT2D eigenvalue weighted by Crippen LogP contribution is -2.29. The number of para-hydroxylation sites is 1. The van der Waals surface area contributed by atoms with Crippen LogP contribution in [0.15, 0.2) is 18.2 Å². The SMILES string of the molecule is COCCN(CCC#N)c1cccc(NN)c1[N+](=O)[O-]. The Balaban J connectivity index is 3.17. The molecule has 0 aromatic heterocycles. The number of nitro benzene ring substituents is 1. The quantitative estimate of drug-likeness (QED) is 0.417. The summed E-state index contributed by atoms with van der Waals surface area (Å²) < 4.78 is 5.00. The minimum absolute atomic E-state index is 0.107. The highest BCUT2D eigenvalue weighted by atomic mass is 16.6. The summed E-state index contributed by atoms with van der Waals surface area (Å²) in [6, 6.07) is 6.86. The van der Waals surface area contributed by atoms with Crippen molar-refractivity contribution in [2.45, 2.75) is 6.42 Å². The number of nitrogens with zero attached hydrogens (tertiary/aromatic N) is 3. The van der Waals surface area contributed by atoms with Crippen LogP contribution >= 0.6 is 0 Å². The molecule has 0 aliphatic heterocycles. The maximum Gasteiger partial charge on any atom is 0.316 e. The van der Waals surface area contributed by atoms with Crippen molar-refractivity contribution >= 4 is 17.1 Å². The van der Waals surface area contributed by atoms with Gasteiger partial charge in [-0.2, -0.15) is 5.26 Å². The third-order valence-electron chi connectivity index (χ3n) is 2.75. The van der Waals surface area contributed by atoms with Gasteiger partial charge in [0.15, 0.2) is 0 Å². The van der Waals surface area contributed by atoms with Crippen LogP contribution < -0.4 is 16.2 Å². The van der Waals surface area contributed by atoms with Gasteiger partial charge in [0.2, 0.25) is 0 Å². The summed E-state index contributed by atoms with van der Waals surface area (Å²) in [4.78, 5) is 12.5. The number of nitro groups is 1. The van der Waals surface area contributed by atoms with Crippen LogP contribution in [0.3, 0.4) is 0 Å². The van der Waals surface area contributed by atoms with Crippen LogP contribution in [0.5, 0.6) is 0 Å². The van der Waals surface area contributed by atoms with Gasteiger partial charge in [0.25, 0.3) is 0 Å². The van der Waals surface area contributed by atoms with E-state index in [1.54, 1.807) is 24.1 Å². The summed E-state index contributed by atoms with van der Waals surface area (Å²) in [5.74, 6) is 5.31. The first-order chi connectivity index (χ1) is 9.65. The maximum atomic E-state index is 11.2. The second kappa shape index (κ2) is 7.93. The molecule has 0 aliphatic rings. The smallest absolute Gasteiger partial charge is 0.316 e. The number of hydrogen-bond donors (Lipinski definition) is 2. The number of hydrogen-bond acceptors (Lipinski definition) is 7. The standard InChI is InChI=1S/C12H17N5O3/c1-20-9-8-16(7-3-6-13)11-5-2-4-10(15-14)12(11)17(18)19/h2,4-5,15H,3,7-9,14H2,1H3. The molecule has 0 saturated heterocycles. The van der Waals surface area contributed by atoms with E-state index in [2.05, 4.69) is 5.43 Å². The fourth-order valence-electron chi connectivity index (χ4n) is 1.83. The highest BCUT2D eigenvalue weighted by Crippen LogP contribution is 2.34. The van der Waals surface area contributed by atoms with Gasteiger partial charge in [-0.15, -0.1) is 0 Å². The monoisotopic (exact) mass is 279 g/mol. The molecule has 3 N–H and O–H groups in total. The summed E-state index contributed by atoms with van der Waals surface area (Å²) >= 11 is 0. The van der Waals surface area contributed by atoms with Crippen LogP contribution in [0.1, 0.15) is 6.42 Å². The van der Waals surface area contributed by atoms with Gasteiger partial charge in [0, 0.05) is 20.2 Å². The van der Waals surface area contributed by atoms with E-state index in [0.717, 1.165) is 0 Å². The van der Waals surface area contributed by atoms with E-state index >= 15 is 0 Å². The van der Waals surface area contributed by atoms with E-state index in [1.807, 2.05) is 6.07 Å². The average Bonchev–Trinajstić information content (AvgIpc) is 2.46. The molecule has 8 heteroatoms. The lowest BCUT2D eigenvalue weighted by atomic mass is 10.2. The van der Waals surface area contributed by atoms with Crippen molar-refractivity contribution in [1.82, 2.24) is 0 Å². The predicted octanol–water partition coefficient (Wildman–Crippen LogP) is 1.25. The largest absolute Gasteiger partial charge is 0.383 e. The van der Waals surface area contributed by atoms with Crippen LogP contribution in [0.25, 0.3) is 0 Å². The van der Waals surface area contributed by atoms with Gasteiger partial charge < -0.3 is 15.1 Å². The zero-order valence-corrected chi connectivity index (χ0v) is 11.2. The number of methoxy groups -OCH3 is 1. The van der Waals surface area contributed by atoms with Crippen molar-refractivity contribution < 1.29 is 9.66 Å². The molecule has 0 saturated carbocycles. The summed E-state index contributed by atoms with van der Waals surface area (Å²) in [7, 11) is 1.55. The molecular formula is C12H17N5O3. The van der Waals surface area contributed by atoms with Crippen LogP contribution in [-0.4, -0.2) is 31.7 Å². The van der Waals surface area contributed by atoms with Crippen LogP contribution in [-0.2, 0) is 4.74 Å². The summed E-state index contributed by atoms with van der Waals surface area (Å²) in [5, 5.41) is 19.9. The number of benzene rings is 1. The molecule has 0 atom stereocenters. The highest BCUT2D eigenvalue weighted by Gasteiger charge is 2.23. The van der Waals surface area contributed by atoms with Crippen molar-refractivity contribution in [3.8, 4) is 6.07 Å². The van der Waals surface area contributed by atoms with E-state index in [9.17, 15) is 10.1 Å². The number of nitrogen functional groups attached to an aromatic ring is 1. The molecular weight excluding hydrogens is 262 g/mol. The van der Waals surface area contributed by atoms with Crippen molar-refractivity contribution in [3.63, 3.8) is 0 Å². The average molecular weight is 279 g/mol. The van der Waals surface area contributed by atoms with Crippen molar-refractivity contribution in [2.24, 2.45) is 5.84 Å². The number of nitriles is 1. The molecule has 0 aliphatic carbocycles. The molecule has 1 aromatic carbocycles. The van der Waals surface area contributed by atoms with Gasteiger partial charge >= 0.3 is 5.69 Å². The third-order valence-corrected chi connectivity index (χ3v) is 2.75. The number of anilines is 2. The molecule has 0 amide bonds. The molecule has 8 nitrogen and oxygen atoms in total. The Morgan fingerprint density at radius 3 is 2.85 bits per heavy atom. The number of rotatable bonds is 8. The molecule has 0 unspecified atom stereocenters. The van der Waals surface area contributed by atoms with E-state index in [-0.39, 0.29) is 17.8 Å². The Labute approximate surface area is 116 Å². The number of hydrazine groups is 1. The van der Waals surface area contributed by atoms with Crippen molar-refractivity contribution in [2.75, 3.05) is 37.1 Å². The molecule has 0 radical (unpaired) electrons. The van der Waals surface area contributed by atoms with E-state index < -0.39 is 4.92 Å². The van der Waals surface area contributed by atoms with Crippen LogP contribution in [0.2, 0.25) is 0 Å². The molecule has 0 heterocycles. The van der Waals surface area contributed by atoms with Gasteiger partial charge in [0.05, 0.1) is 24.0 Å². The van der Waals surface area contributed by atoms with Crippen molar-refractivity contribution in [3.05, 3.63) is 28.3 Å². The fourth-order valence-corrected chi connectivity index (χ4v) is 1.83. The minimum atomic E-state index is -0.489. The van der Waals surface area contributed by atoms with E-state index in [4.69, 9.17) is 15.8 Å². The Hall–Kier alpha value is -2.37. The van der Waals surface area contributed by atoms with Crippen molar-refractivity contribution in [1.29, 1.82) is 5.26 Å². The maximum absolute atomic E-state index is 11.2. The Kier molecular flexibility index (Phi) is 6.22. The van der Waals surface area contributed by atoms with Gasteiger partial charge in [-0.05, 0) is 12.1 Å². The molecule has 0 fully saturated rings. The summed E-state index contributed by atoms with van der Waals surface area (Å²) in [5.41, 5.74) is 2.86. The van der Waals surface area contributed by atoms with E-state index in [0.29, 0.717) is 25.4 Å². The lowest BCUT2D eigenvalue weighted by Gasteiger charge is -2.23. The van der Waals surface area contributed by atoms with E-state index in [1.165, 1.54) is 6.07 Å². The summed E-state index contributed by atoms with van der Waals surface area (Å²) in [6.07, 6.45) is 0.265. The number of ether oxygens (including phenoxy) is 1. The first kappa shape index (κ1) is 15.7. The molecule has 20 heavy (non-hydrogen) atoms. The molecule has 108 valence electrons. The first-order valence-electron chi connectivity index (χ1n) is 6.00. The van der Waals surface area contributed by atoms with Gasteiger partial charge in [0.1, 0.15) is 11.4 Å². The molecule has 1 rings (SSSR count). The van der Waals surface area contributed by atoms with Gasteiger partial charge in [-0.3, -0.25) is 16.0 Å². The van der Waals surface area contributed by atoms with Crippen LogP contribution in [0.4, 0.5) is 17.1 Å². The molecule has 1 aromatic rings. The normalized spacial score (nSPS) is 9.85. The topological polar surface area (TPSA) is 117 Å². The second-order valence-electron chi connectivity index (χ2n) is 3.96. The zero-order chi connectivity index (χ0) is 15.0. The minimum Gasteiger partial charge on any atom is -0.383 e. The predicted molar refractivity (Wildman–Crippen MR) is 75.2 cm³/mol. The van der Waals surface area contributed by atoms with Crippen LogP contribution in [0, 0.1) is 21.4 Å². The Bertz CT molecular complexity index is 500. The molecule has 0 spiro atoms.